The third kappa shape index (κ3) is 3.61. The van der Waals surface area contributed by atoms with Crippen LogP contribution in [0.15, 0.2) is 35.4 Å². The molecule has 2 aromatic carbocycles. The van der Waals surface area contributed by atoms with Gasteiger partial charge in [-0.25, -0.2) is 5.43 Å². The Bertz CT molecular complexity index is 825. The minimum absolute atomic E-state index is 0.186. The summed E-state index contributed by atoms with van der Waals surface area (Å²) >= 11 is 0. The zero-order valence-electron chi connectivity index (χ0n) is 14.1. The van der Waals surface area contributed by atoms with Crippen LogP contribution in [0.25, 0.3) is 0 Å². The highest BCUT2D eigenvalue weighted by Gasteiger charge is 2.15. The topological polar surface area (TPSA) is 110 Å². The van der Waals surface area contributed by atoms with Crippen LogP contribution in [0.1, 0.15) is 27.0 Å². The van der Waals surface area contributed by atoms with E-state index in [0.29, 0.717) is 28.4 Å². The van der Waals surface area contributed by atoms with Gasteiger partial charge in [0.15, 0.2) is 11.5 Å². The largest absolute Gasteiger partial charge is 0.496 e. The van der Waals surface area contributed by atoms with Crippen molar-refractivity contribution in [2.24, 2.45) is 5.10 Å². The lowest BCUT2D eigenvalue weighted by atomic mass is 10.0. The van der Waals surface area contributed by atoms with E-state index in [9.17, 15) is 15.0 Å². The number of hydrogen-bond donors (Lipinski definition) is 3. The Kier molecular flexibility index (Phi) is 5.35. The Balaban J connectivity index is 1.73. The number of rotatable bonds is 6. The molecule has 3 rings (SSSR count). The van der Waals surface area contributed by atoms with E-state index in [1.54, 1.807) is 18.2 Å². The number of carbonyl (C=O) groups is 1. The van der Waals surface area contributed by atoms with Gasteiger partial charge in [0.05, 0.1) is 26.5 Å². The van der Waals surface area contributed by atoms with E-state index in [1.807, 2.05) is 0 Å². The smallest absolute Gasteiger partial charge is 0.271 e. The molecule has 0 aliphatic carbocycles. The van der Waals surface area contributed by atoms with E-state index in [-0.39, 0.29) is 25.6 Å². The van der Waals surface area contributed by atoms with E-state index < -0.39 is 5.91 Å². The van der Waals surface area contributed by atoms with Crippen molar-refractivity contribution < 1.29 is 29.2 Å². The summed E-state index contributed by atoms with van der Waals surface area (Å²) in [5, 5.41) is 22.7. The average Bonchev–Trinajstić information content (AvgIpc) is 3.14. The lowest BCUT2D eigenvalue weighted by Crippen LogP contribution is -2.18. The Morgan fingerprint density at radius 2 is 2.04 bits per heavy atom. The van der Waals surface area contributed by atoms with E-state index in [4.69, 9.17) is 14.2 Å². The van der Waals surface area contributed by atoms with Gasteiger partial charge >= 0.3 is 0 Å². The second kappa shape index (κ2) is 7.85. The van der Waals surface area contributed by atoms with Crippen molar-refractivity contribution in [3.05, 3.63) is 52.6 Å². The normalized spacial score (nSPS) is 12.4. The molecule has 26 heavy (non-hydrogen) atoms. The standard InChI is InChI=1S/C18H18N2O6/c1-24-16-6-12(5-13(8-21)14(16)9-22)18(23)20-19-7-11-2-3-15-17(4-11)26-10-25-15/h2-7,21-22H,8-10H2,1H3,(H,20,23)/b19-7+. The van der Waals surface area contributed by atoms with E-state index >= 15 is 0 Å². The predicted molar refractivity (Wildman–Crippen MR) is 92.5 cm³/mol. The maximum absolute atomic E-state index is 12.3. The van der Waals surface area contributed by atoms with Crippen molar-refractivity contribution in [3.8, 4) is 17.2 Å². The van der Waals surface area contributed by atoms with Gasteiger partial charge in [-0.3, -0.25) is 4.79 Å². The SMILES string of the molecule is COc1cc(C(=O)N/N=C/c2ccc3c(c2)OCO3)cc(CO)c1CO. The number of ether oxygens (including phenoxy) is 3. The Morgan fingerprint density at radius 1 is 1.23 bits per heavy atom. The number of hydrazone groups is 1. The maximum Gasteiger partial charge on any atom is 0.271 e. The first-order valence-electron chi connectivity index (χ1n) is 7.80. The third-order valence-electron chi connectivity index (χ3n) is 3.89. The minimum atomic E-state index is -0.473. The molecule has 0 aromatic heterocycles. The number of methoxy groups -OCH3 is 1. The number of hydrogen-bond acceptors (Lipinski definition) is 7. The van der Waals surface area contributed by atoms with Crippen LogP contribution in [0.5, 0.6) is 17.2 Å². The van der Waals surface area contributed by atoms with Crippen LogP contribution in [0.3, 0.4) is 0 Å². The third-order valence-corrected chi connectivity index (χ3v) is 3.89. The molecular weight excluding hydrogens is 340 g/mol. The Hall–Kier alpha value is -3.10. The molecule has 0 fully saturated rings. The summed E-state index contributed by atoms with van der Waals surface area (Å²) in [6.07, 6.45) is 1.48. The fourth-order valence-electron chi connectivity index (χ4n) is 2.56. The van der Waals surface area contributed by atoms with Crippen LogP contribution < -0.4 is 19.6 Å². The van der Waals surface area contributed by atoms with Gasteiger partial charge < -0.3 is 24.4 Å². The molecule has 8 heteroatoms. The molecule has 0 spiro atoms. The number of amides is 1. The second-order valence-corrected chi connectivity index (χ2v) is 5.44. The molecule has 0 unspecified atom stereocenters. The number of nitrogens with zero attached hydrogens (tertiary/aromatic N) is 1. The lowest BCUT2D eigenvalue weighted by Gasteiger charge is -2.12. The molecule has 1 amide bonds. The average molecular weight is 358 g/mol. The van der Waals surface area contributed by atoms with Gasteiger partial charge in [-0.05, 0) is 41.5 Å². The number of nitrogens with one attached hydrogen (secondary N) is 1. The molecule has 8 nitrogen and oxygen atoms in total. The van der Waals surface area contributed by atoms with Crippen LogP contribution in [-0.4, -0.2) is 36.2 Å². The summed E-state index contributed by atoms with van der Waals surface area (Å²) in [7, 11) is 1.43. The maximum atomic E-state index is 12.3. The van der Waals surface area contributed by atoms with Gasteiger partial charge in [-0.2, -0.15) is 5.10 Å². The highest BCUT2D eigenvalue weighted by Crippen LogP contribution is 2.32. The molecule has 3 N–H and O–H groups in total. The number of carbonyl (C=O) groups excluding carboxylic acids is 1. The van der Waals surface area contributed by atoms with Crippen molar-refractivity contribution in [2.75, 3.05) is 13.9 Å². The Morgan fingerprint density at radius 3 is 2.77 bits per heavy atom. The molecule has 0 saturated carbocycles. The van der Waals surface area contributed by atoms with E-state index in [2.05, 4.69) is 10.5 Å². The van der Waals surface area contributed by atoms with Gasteiger partial charge in [0.1, 0.15) is 5.75 Å². The molecule has 1 aliphatic heterocycles. The molecule has 0 radical (unpaired) electrons. The van der Waals surface area contributed by atoms with Crippen molar-refractivity contribution in [1.29, 1.82) is 0 Å². The Labute approximate surface area is 149 Å². The van der Waals surface area contributed by atoms with Crippen LogP contribution >= 0.6 is 0 Å². The quantitative estimate of drug-likeness (QED) is 0.528. The van der Waals surface area contributed by atoms with Gasteiger partial charge in [0.2, 0.25) is 6.79 Å². The molecule has 0 saturated heterocycles. The number of fused-ring (bicyclic) bond motifs is 1. The van der Waals surface area contributed by atoms with Gasteiger partial charge in [-0.15, -0.1) is 0 Å². The monoisotopic (exact) mass is 358 g/mol. The van der Waals surface area contributed by atoms with E-state index in [0.717, 1.165) is 5.56 Å². The molecule has 0 atom stereocenters. The van der Waals surface area contributed by atoms with Crippen molar-refractivity contribution in [1.82, 2.24) is 5.43 Å². The van der Waals surface area contributed by atoms with Crippen LogP contribution in [0, 0.1) is 0 Å². The molecule has 2 aromatic rings. The summed E-state index contributed by atoms with van der Waals surface area (Å²) in [4.78, 5) is 12.3. The molecular formula is C18H18N2O6. The molecule has 0 bridgehead atoms. The first-order valence-corrected chi connectivity index (χ1v) is 7.80. The molecule has 1 heterocycles. The van der Waals surface area contributed by atoms with Gasteiger partial charge in [0, 0.05) is 11.1 Å². The lowest BCUT2D eigenvalue weighted by molar-refractivity contribution is 0.0954. The van der Waals surface area contributed by atoms with Crippen LogP contribution in [-0.2, 0) is 13.2 Å². The van der Waals surface area contributed by atoms with Crippen LogP contribution in [0.4, 0.5) is 0 Å². The first kappa shape index (κ1) is 17.7. The summed E-state index contributed by atoms with van der Waals surface area (Å²) in [6.45, 7) is -0.442. The van der Waals surface area contributed by atoms with Crippen LogP contribution in [0.2, 0.25) is 0 Å². The van der Waals surface area contributed by atoms with Gasteiger partial charge in [0.25, 0.3) is 5.91 Å². The number of aliphatic hydroxyl groups is 2. The summed E-state index contributed by atoms with van der Waals surface area (Å²) in [5.41, 5.74) is 4.26. The van der Waals surface area contributed by atoms with E-state index in [1.165, 1.54) is 25.5 Å². The predicted octanol–water partition coefficient (Wildman–Crippen LogP) is 1.17. The summed E-state index contributed by atoms with van der Waals surface area (Å²) in [6, 6.07) is 8.26. The van der Waals surface area contributed by atoms with Crippen molar-refractivity contribution >= 4 is 12.1 Å². The first-order chi connectivity index (χ1) is 12.7. The number of benzene rings is 2. The highest BCUT2D eigenvalue weighted by atomic mass is 16.7. The highest BCUT2D eigenvalue weighted by molar-refractivity contribution is 5.95. The fraction of sp³-hybridized carbons (Fsp3) is 0.222. The van der Waals surface area contributed by atoms with Gasteiger partial charge in [-0.1, -0.05) is 0 Å². The minimum Gasteiger partial charge on any atom is -0.496 e. The number of aliphatic hydroxyl groups excluding tert-OH is 2. The zero-order chi connectivity index (χ0) is 18.5. The zero-order valence-corrected chi connectivity index (χ0v) is 14.1. The second-order valence-electron chi connectivity index (χ2n) is 5.44. The molecule has 1 aliphatic rings. The summed E-state index contributed by atoms with van der Waals surface area (Å²) in [5.74, 6) is 1.14. The summed E-state index contributed by atoms with van der Waals surface area (Å²) < 4.78 is 15.7. The fourth-order valence-corrected chi connectivity index (χ4v) is 2.56. The molecule has 136 valence electrons. The van der Waals surface area contributed by atoms with Crippen molar-refractivity contribution in [2.45, 2.75) is 13.2 Å². The van der Waals surface area contributed by atoms with Crippen molar-refractivity contribution in [3.63, 3.8) is 0 Å².